The molecule has 0 spiro atoms. The molecule has 0 radical (unpaired) electrons. The van der Waals surface area contributed by atoms with Crippen LogP contribution in [0.3, 0.4) is 0 Å². The van der Waals surface area contributed by atoms with Gasteiger partial charge in [0.25, 0.3) is 0 Å². The van der Waals surface area contributed by atoms with Crippen molar-refractivity contribution in [3.63, 3.8) is 0 Å². The molecule has 0 unspecified atom stereocenters. The van der Waals surface area contributed by atoms with E-state index in [1.807, 2.05) is 37.3 Å². The Morgan fingerprint density at radius 2 is 1.92 bits per heavy atom. The number of anilines is 1. The summed E-state index contributed by atoms with van der Waals surface area (Å²) >= 11 is 3.53. The van der Waals surface area contributed by atoms with Crippen molar-refractivity contribution >= 4 is 33.6 Å². The predicted molar refractivity (Wildman–Crippen MR) is 108 cm³/mol. The number of carbonyl (C=O) groups is 1. The summed E-state index contributed by atoms with van der Waals surface area (Å²) in [6.45, 7) is 4.77. The minimum atomic E-state index is -0.157. The molecule has 0 saturated carbocycles. The summed E-state index contributed by atoms with van der Waals surface area (Å²) in [5.74, 6) is 0.673. The van der Waals surface area contributed by atoms with E-state index in [4.69, 9.17) is 4.74 Å². The minimum Gasteiger partial charge on any atom is -0.494 e. The molecule has 2 aromatic rings. The molecule has 3 nitrogen and oxygen atoms in total. The minimum absolute atomic E-state index is 0.157. The molecule has 0 aliphatic heterocycles. The second-order valence-electron chi connectivity index (χ2n) is 5.74. The van der Waals surface area contributed by atoms with E-state index in [1.165, 1.54) is 24.5 Å². The van der Waals surface area contributed by atoms with E-state index < -0.39 is 0 Å². The van der Waals surface area contributed by atoms with Gasteiger partial charge in [0.05, 0.1) is 12.3 Å². The second-order valence-corrected chi connectivity index (χ2v) is 6.60. The average Bonchev–Trinajstić information content (AvgIpc) is 2.62. The first-order valence-electron chi connectivity index (χ1n) is 8.62. The van der Waals surface area contributed by atoms with Crippen LogP contribution in [0.2, 0.25) is 0 Å². The van der Waals surface area contributed by atoms with E-state index >= 15 is 0 Å². The fourth-order valence-corrected chi connectivity index (χ4v) is 2.91. The van der Waals surface area contributed by atoms with E-state index in [0.29, 0.717) is 6.61 Å². The lowest BCUT2D eigenvalue weighted by molar-refractivity contribution is -0.111. The van der Waals surface area contributed by atoms with Gasteiger partial charge in [0.1, 0.15) is 5.75 Å². The van der Waals surface area contributed by atoms with E-state index in [1.54, 1.807) is 6.08 Å². The molecule has 4 heteroatoms. The Hall–Kier alpha value is -2.07. The molecule has 1 N–H and O–H groups in total. The Kier molecular flexibility index (Phi) is 7.74. The van der Waals surface area contributed by atoms with Crippen LogP contribution in [0.4, 0.5) is 5.69 Å². The van der Waals surface area contributed by atoms with Gasteiger partial charge in [-0.25, -0.2) is 0 Å². The highest BCUT2D eigenvalue weighted by atomic mass is 79.9. The van der Waals surface area contributed by atoms with Crippen LogP contribution in [0.15, 0.2) is 53.0 Å². The molecule has 2 aromatic carbocycles. The number of hydrogen-bond acceptors (Lipinski definition) is 2. The highest BCUT2D eigenvalue weighted by Crippen LogP contribution is 2.24. The number of benzene rings is 2. The summed E-state index contributed by atoms with van der Waals surface area (Å²) in [6.07, 6.45) is 6.72. The Labute approximate surface area is 158 Å². The van der Waals surface area contributed by atoms with Crippen molar-refractivity contribution < 1.29 is 9.53 Å². The fourth-order valence-electron chi connectivity index (χ4n) is 2.38. The first-order valence-corrected chi connectivity index (χ1v) is 9.42. The van der Waals surface area contributed by atoms with Gasteiger partial charge in [-0.05, 0) is 77.2 Å². The lowest BCUT2D eigenvalue weighted by Crippen LogP contribution is -2.08. The molecule has 0 heterocycles. The Bertz CT molecular complexity index is 723. The van der Waals surface area contributed by atoms with E-state index in [9.17, 15) is 4.79 Å². The van der Waals surface area contributed by atoms with E-state index in [0.717, 1.165) is 27.9 Å². The zero-order valence-electron chi connectivity index (χ0n) is 14.7. The lowest BCUT2D eigenvalue weighted by Gasteiger charge is -2.08. The molecule has 0 saturated heterocycles. The molecule has 0 aromatic heterocycles. The van der Waals surface area contributed by atoms with Gasteiger partial charge < -0.3 is 10.1 Å². The molecule has 25 heavy (non-hydrogen) atoms. The van der Waals surface area contributed by atoms with Gasteiger partial charge in [-0.15, -0.1) is 0 Å². The number of nitrogens with one attached hydrogen (secondary N) is 1. The number of rotatable bonds is 8. The maximum Gasteiger partial charge on any atom is 0.248 e. The molecule has 1 amide bonds. The quantitative estimate of drug-likeness (QED) is 0.563. The van der Waals surface area contributed by atoms with Crippen LogP contribution in [0, 0.1) is 0 Å². The molecule has 0 bridgehead atoms. The van der Waals surface area contributed by atoms with Crippen LogP contribution in [-0.2, 0) is 11.2 Å². The van der Waals surface area contributed by atoms with Gasteiger partial charge in [0, 0.05) is 10.5 Å². The monoisotopic (exact) mass is 401 g/mol. The molecular formula is C21H24BrNO2. The van der Waals surface area contributed by atoms with Crippen molar-refractivity contribution in [3.05, 3.63) is 64.1 Å². The van der Waals surface area contributed by atoms with Crippen molar-refractivity contribution in [2.45, 2.75) is 33.1 Å². The number of carbonyl (C=O) groups excluding carboxylic acids is 1. The third-order valence-electron chi connectivity index (χ3n) is 3.73. The van der Waals surface area contributed by atoms with Crippen molar-refractivity contribution in [1.29, 1.82) is 0 Å². The molecule has 0 aliphatic carbocycles. The van der Waals surface area contributed by atoms with Crippen LogP contribution in [0.25, 0.3) is 6.08 Å². The van der Waals surface area contributed by atoms with E-state index in [2.05, 4.69) is 40.3 Å². The highest BCUT2D eigenvalue weighted by Gasteiger charge is 2.04. The van der Waals surface area contributed by atoms with Crippen LogP contribution in [-0.4, -0.2) is 12.5 Å². The highest BCUT2D eigenvalue weighted by molar-refractivity contribution is 9.10. The first kappa shape index (κ1) is 19.3. The topological polar surface area (TPSA) is 38.3 Å². The van der Waals surface area contributed by atoms with Gasteiger partial charge in [-0.1, -0.05) is 31.5 Å². The molecule has 0 aliphatic rings. The number of aryl methyl sites for hydroxylation is 1. The Balaban J connectivity index is 1.95. The van der Waals surface area contributed by atoms with Gasteiger partial charge >= 0.3 is 0 Å². The van der Waals surface area contributed by atoms with Crippen molar-refractivity contribution in [2.75, 3.05) is 11.9 Å². The molecule has 132 valence electrons. The zero-order chi connectivity index (χ0) is 18.1. The van der Waals surface area contributed by atoms with Crippen LogP contribution < -0.4 is 10.1 Å². The molecule has 0 fully saturated rings. The van der Waals surface area contributed by atoms with Crippen molar-refractivity contribution in [1.82, 2.24) is 0 Å². The van der Waals surface area contributed by atoms with Crippen LogP contribution in [0.5, 0.6) is 5.75 Å². The zero-order valence-corrected chi connectivity index (χ0v) is 16.3. The van der Waals surface area contributed by atoms with E-state index in [-0.39, 0.29) is 5.91 Å². The molecular weight excluding hydrogens is 378 g/mol. The number of unbranched alkanes of at least 4 members (excludes halogenated alkanes) is 1. The number of ether oxygens (including phenoxy) is 1. The lowest BCUT2D eigenvalue weighted by atomic mass is 10.1. The summed E-state index contributed by atoms with van der Waals surface area (Å²) < 4.78 is 6.31. The third kappa shape index (κ3) is 6.39. The van der Waals surface area contributed by atoms with Crippen molar-refractivity contribution in [3.8, 4) is 5.75 Å². The average molecular weight is 402 g/mol. The smallest absolute Gasteiger partial charge is 0.248 e. The predicted octanol–water partition coefficient (Wildman–Crippen LogP) is 5.84. The number of hydrogen-bond donors (Lipinski definition) is 1. The van der Waals surface area contributed by atoms with Crippen LogP contribution >= 0.6 is 15.9 Å². The summed E-state index contributed by atoms with van der Waals surface area (Å²) in [7, 11) is 0. The van der Waals surface area contributed by atoms with Gasteiger partial charge in [-0.2, -0.15) is 0 Å². The maximum absolute atomic E-state index is 12.1. The molecule has 2 rings (SSSR count). The van der Waals surface area contributed by atoms with Gasteiger partial charge in [-0.3, -0.25) is 4.79 Å². The third-order valence-corrected chi connectivity index (χ3v) is 4.38. The Morgan fingerprint density at radius 3 is 2.56 bits per heavy atom. The summed E-state index contributed by atoms with van der Waals surface area (Å²) in [5.41, 5.74) is 3.01. The first-order chi connectivity index (χ1) is 12.1. The maximum atomic E-state index is 12.1. The summed E-state index contributed by atoms with van der Waals surface area (Å²) in [5, 5.41) is 2.90. The summed E-state index contributed by atoms with van der Waals surface area (Å²) in [6, 6.07) is 13.7. The standard InChI is InChI=1S/C21H24BrNO2/c1-3-5-6-17-9-13-20(19(22)15-17)23-21(24)14-10-16-7-11-18(12-8-16)25-4-2/h7-15H,3-6H2,1-2H3,(H,23,24)/b14-10+. The fraction of sp³-hybridized carbons (Fsp3) is 0.286. The van der Waals surface area contributed by atoms with Gasteiger partial charge in [0.15, 0.2) is 0 Å². The second kappa shape index (κ2) is 10.0. The number of amides is 1. The molecule has 0 atom stereocenters. The summed E-state index contributed by atoms with van der Waals surface area (Å²) in [4.78, 5) is 12.1. The number of halogens is 1. The Morgan fingerprint density at radius 1 is 1.16 bits per heavy atom. The largest absolute Gasteiger partial charge is 0.494 e. The SMILES string of the molecule is CCCCc1ccc(NC(=O)/C=C/c2ccc(OCC)cc2)c(Br)c1. The van der Waals surface area contributed by atoms with Crippen molar-refractivity contribution in [2.24, 2.45) is 0 Å². The van der Waals surface area contributed by atoms with Gasteiger partial charge in [0.2, 0.25) is 5.91 Å². The normalized spacial score (nSPS) is 10.8. The van der Waals surface area contributed by atoms with Crippen LogP contribution in [0.1, 0.15) is 37.8 Å².